The van der Waals surface area contributed by atoms with Crippen molar-refractivity contribution in [2.24, 2.45) is 0 Å². The highest BCUT2D eigenvalue weighted by Gasteiger charge is 2.26. The standard InChI is InChI=1S/C15H24N2O2S.C2H2O4/c1-3-12-20(18,19)17-10-8-16(9-11-17)13-15-7-5-4-6-14(15)2;3-1(4)2(5)6/h4-7H,3,8-13H2,1-2H3;(H,3,4)(H,5,6). The Kier molecular flexibility index (Phi) is 8.70. The van der Waals surface area contributed by atoms with E-state index in [4.69, 9.17) is 19.8 Å². The lowest BCUT2D eigenvalue weighted by molar-refractivity contribution is -0.159. The maximum Gasteiger partial charge on any atom is 0.414 e. The molecule has 8 nitrogen and oxygen atoms in total. The first-order chi connectivity index (χ1) is 12.2. The third kappa shape index (κ3) is 7.11. The number of carbonyl (C=O) groups is 2. The van der Waals surface area contributed by atoms with Gasteiger partial charge in [0, 0.05) is 32.7 Å². The Balaban J connectivity index is 0.000000487. The van der Waals surface area contributed by atoms with Gasteiger partial charge in [0.25, 0.3) is 0 Å². The van der Waals surface area contributed by atoms with Gasteiger partial charge in [-0.25, -0.2) is 18.0 Å². The quantitative estimate of drug-likeness (QED) is 0.726. The van der Waals surface area contributed by atoms with Crippen molar-refractivity contribution in [3.63, 3.8) is 0 Å². The van der Waals surface area contributed by atoms with E-state index in [9.17, 15) is 8.42 Å². The Morgan fingerprint density at radius 3 is 2.04 bits per heavy atom. The van der Waals surface area contributed by atoms with E-state index in [1.807, 2.05) is 13.0 Å². The van der Waals surface area contributed by atoms with Crippen LogP contribution in [0.4, 0.5) is 0 Å². The molecule has 0 unspecified atom stereocenters. The van der Waals surface area contributed by atoms with Gasteiger partial charge in [0.15, 0.2) is 0 Å². The number of aryl methyl sites for hydroxylation is 1. The summed E-state index contributed by atoms with van der Waals surface area (Å²) in [4.78, 5) is 20.5. The zero-order valence-corrected chi connectivity index (χ0v) is 15.9. The summed E-state index contributed by atoms with van der Waals surface area (Å²) in [6.07, 6.45) is 0.686. The Labute approximate surface area is 154 Å². The van der Waals surface area contributed by atoms with Crippen LogP contribution in [0.25, 0.3) is 0 Å². The smallest absolute Gasteiger partial charge is 0.414 e. The van der Waals surface area contributed by atoms with Crippen molar-refractivity contribution < 1.29 is 28.2 Å². The first kappa shape index (κ1) is 22.1. The van der Waals surface area contributed by atoms with Gasteiger partial charge in [-0.05, 0) is 24.5 Å². The van der Waals surface area contributed by atoms with E-state index >= 15 is 0 Å². The highest BCUT2D eigenvalue weighted by molar-refractivity contribution is 7.89. The average molecular weight is 386 g/mol. The molecule has 1 aliphatic heterocycles. The predicted molar refractivity (Wildman–Crippen MR) is 97.4 cm³/mol. The summed E-state index contributed by atoms with van der Waals surface area (Å²) >= 11 is 0. The van der Waals surface area contributed by atoms with Gasteiger partial charge in [-0.2, -0.15) is 4.31 Å². The van der Waals surface area contributed by atoms with Crippen molar-refractivity contribution in [3.8, 4) is 0 Å². The fourth-order valence-corrected chi connectivity index (χ4v) is 4.07. The summed E-state index contributed by atoms with van der Waals surface area (Å²) in [5, 5.41) is 14.8. The van der Waals surface area contributed by atoms with Crippen molar-refractivity contribution in [2.75, 3.05) is 31.9 Å². The Morgan fingerprint density at radius 2 is 1.58 bits per heavy atom. The molecular formula is C17H26N2O6S. The molecule has 1 saturated heterocycles. The van der Waals surface area contributed by atoms with E-state index < -0.39 is 22.0 Å². The molecule has 0 radical (unpaired) electrons. The molecule has 1 heterocycles. The molecule has 1 aromatic rings. The highest BCUT2D eigenvalue weighted by atomic mass is 32.2. The number of piperazine rings is 1. The number of carboxylic acids is 2. The molecule has 1 fully saturated rings. The number of benzene rings is 1. The minimum Gasteiger partial charge on any atom is -0.473 e. The second-order valence-electron chi connectivity index (χ2n) is 6.03. The van der Waals surface area contributed by atoms with Gasteiger partial charge in [-0.1, -0.05) is 31.2 Å². The molecule has 0 spiro atoms. The summed E-state index contributed by atoms with van der Waals surface area (Å²) < 4.78 is 25.7. The molecule has 9 heteroatoms. The largest absolute Gasteiger partial charge is 0.473 e. The monoisotopic (exact) mass is 386 g/mol. The first-order valence-corrected chi connectivity index (χ1v) is 9.99. The van der Waals surface area contributed by atoms with Crippen LogP contribution in [0.15, 0.2) is 24.3 Å². The molecule has 146 valence electrons. The number of carboxylic acid groups (broad SMARTS) is 2. The molecule has 26 heavy (non-hydrogen) atoms. The maximum absolute atomic E-state index is 12.0. The van der Waals surface area contributed by atoms with Crippen LogP contribution in [0, 0.1) is 6.92 Å². The molecule has 2 N–H and O–H groups in total. The van der Waals surface area contributed by atoms with Crippen LogP contribution in [0.5, 0.6) is 0 Å². The Hall–Kier alpha value is -1.97. The van der Waals surface area contributed by atoms with Crippen LogP contribution < -0.4 is 0 Å². The topological polar surface area (TPSA) is 115 Å². The highest BCUT2D eigenvalue weighted by Crippen LogP contribution is 2.14. The number of hydrogen-bond acceptors (Lipinski definition) is 5. The third-order valence-corrected chi connectivity index (χ3v) is 6.10. The lowest BCUT2D eigenvalue weighted by Gasteiger charge is -2.34. The third-order valence-electron chi connectivity index (χ3n) is 4.02. The summed E-state index contributed by atoms with van der Waals surface area (Å²) in [5.41, 5.74) is 2.63. The Bertz CT molecular complexity index is 700. The molecule has 1 aliphatic rings. The van der Waals surface area contributed by atoms with Crippen LogP contribution in [-0.2, 0) is 26.2 Å². The molecule has 0 atom stereocenters. The number of nitrogens with zero attached hydrogens (tertiary/aromatic N) is 2. The van der Waals surface area contributed by atoms with E-state index in [0.29, 0.717) is 19.5 Å². The Morgan fingerprint density at radius 1 is 1.04 bits per heavy atom. The number of aliphatic carboxylic acids is 2. The van der Waals surface area contributed by atoms with Crippen molar-refractivity contribution in [2.45, 2.75) is 26.8 Å². The van der Waals surface area contributed by atoms with E-state index in [-0.39, 0.29) is 5.75 Å². The first-order valence-electron chi connectivity index (χ1n) is 8.38. The van der Waals surface area contributed by atoms with E-state index in [1.54, 1.807) is 4.31 Å². The number of rotatable bonds is 5. The second-order valence-corrected chi connectivity index (χ2v) is 8.12. The molecule has 0 saturated carbocycles. The van der Waals surface area contributed by atoms with Gasteiger partial charge >= 0.3 is 11.9 Å². The minimum absolute atomic E-state index is 0.269. The predicted octanol–water partition coefficient (Wildman–Crippen LogP) is 1.01. The van der Waals surface area contributed by atoms with Crippen LogP contribution in [0.1, 0.15) is 24.5 Å². The van der Waals surface area contributed by atoms with Gasteiger partial charge in [0.2, 0.25) is 10.0 Å². The zero-order chi connectivity index (χ0) is 19.7. The lowest BCUT2D eigenvalue weighted by atomic mass is 10.1. The van der Waals surface area contributed by atoms with E-state index in [1.165, 1.54) is 11.1 Å². The summed E-state index contributed by atoms with van der Waals surface area (Å²) in [5.74, 6) is -3.38. The van der Waals surface area contributed by atoms with Gasteiger partial charge in [0.1, 0.15) is 0 Å². The second kappa shape index (κ2) is 10.2. The fourth-order valence-electron chi connectivity index (χ4n) is 2.58. The van der Waals surface area contributed by atoms with Crippen LogP contribution >= 0.6 is 0 Å². The molecular weight excluding hydrogens is 360 g/mol. The molecule has 0 aliphatic carbocycles. The van der Waals surface area contributed by atoms with Gasteiger partial charge in [-0.15, -0.1) is 0 Å². The van der Waals surface area contributed by atoms with Gasteiger partial charge in [-0.3, -0.25) is 4.90 Å². The van der Waals surface area contributed by atoms with Crippen LogP contribution in [0.3, 0.4) is 0 Å². The van der Waals surface area contributed by atoms with Crippen molar-refractivity contribution in [1.29, 1.82) is 0 Å². The molecule has 0 aromatic heterocycles. The SMILES string of the molecule is CCCS(=O)(=O)N1CCN(Cc2ccccc2C)CC1.O=C(O)C(=O)O. The van der Waals surface area contributed by atoms with Gasteiger partial charge < -0.3 is 10.2 Å². The molecule has 0 amide bonds. The van der Waals surface area contributed by atoms with Crippen molar-refractivity contribution >= 4 is 22.0 Å². The maximum atomic E-state index is 12.0. The fraction of sp³-hybridized carbons (Fsp3) is 0.529. The van der Waals surface area contributed by atoms with E-state index in [2.05, 4.69) is 30.0 Å². The summed E-state index contributed by atoms with van der Waals surface area (Å²) in [6, 6.07) is 8.38. The van der Waals surface area contributed by atoms with E-state index in [0.717, 1.165) is 19.6 Å². The molecule has 1 aromatic carbocycles. The lowest BCUT2D eigenvalue weighted by Crippen LogP contribution is -2.48. The number of hydrogen-bond donors (Lipinski definition) is 2. The molecule has 2 rings (SSSR count). The van der Waals surface area contributed by atoms with Gasteiger partial charge in [0.05, 0.1) is 5.75 Å². The number of sulfonamides is 1. The molecule has 0 bridgehead atoms. The zero-order valence-electron chi connectivity index (χ0n) is 15.1. The summed E-state index contributed by atoms with van der Waals surface area (Å²) in [7, 11) is -3.03. The van der Waals surface area contributed by atoms with Crippen LogP contribution in [-0.4, -0.2) is 71.7 Å². The van der Waals surface area contributed by atoms with Crippen molar-refractivity contribution in [3.05, 3.63) is 35.4 Å². The minimum atomic E-state index is -3.03. The average Bonchev–Trinajstić information content (AvgIpc) is 2.58. The van der Waals surface area contributed by atoms with Crippen molar-refractivity contribution in [1.82, 2.24) is 9.21 Å². The van der Waals surface area contributed by atoms with Crippen LogP contribution in [0.2, 0.25) is 0 Å². The normalized spacial score (nSPS) is 15.8. The summed E-state index contributed by atoms with van der Waals surface area (Å²) in [6.45, 7) is 7.81.